The molecule has 0 spiro atoms. The molecule has 1 aliphatic rings. The Kier molecular flexibility index (Phi) is 9.42. The summed E-state index contributed by atoms with van der Waals surface area (Å²) in [6, 6.07) is 16.5. The molecular formula is C30H32ClFO5. The second-order valence-corrected chi connectivity index (χ2v) is 9.48. The van der Waals surface area contributed by atoms with E-state index in [4.69, 9.17) is 30.5 Å². The molecule has 3 aromatic carbocycles. The maximum atomic E-state index is 14.5. The molecule has 0 aliphatic carbocycles. The third-order valence-corrected chi connectivity index (χ3v) is 6.58. The molecule has 1 fully saturated rings. The van der Waals surface area contributed by atoms with E-state index in [1.165, 1.54) is 6.07 Å². The minimum Gasteiger partial charge on any atom is -0.490 e. The summed E-state index contributed by atoms with van der Waals surface area (Å²) >= 11 is 6.70. The molecule has 0 saturated carbocycles. The highest BCUT2D eigenvalue weighted by atomic mass is 35.5. The van der Waals surface area contributed by atoms with E-state index in [9.17, 15) is 9.18 Å². The predicted molar refractivity (Wildman–Crippen MR) is 142 cm³/mol. The molecule has 0 atom stereocenters. The van der Waals surface area contributed by atoms with E-state index in [0.717, 1.165) is 54.1 Å². The van der Waals surface area contributed by atoms with Crippen LogP contribution in [-0.4, -0.2) is 31.9 Å². The first kappa shape index (κ1) is 27.0. The average Bonchev–Trinajstić information content (AvgIpc) is 2.87. The molecule has 0 unspecified atom stereocenters. The van der Waals surface area contributed by atoms with Crippen LogP contribution in [-0.2, 0) is 27.3 Å². The molecule has 4 rings (SSSR count). The summed E-state index contributed by atoms with van der Waals surface area (Å²) in [5.41, 5.74) is 4.33. The van der Waals surface area contributed by atoms with Gasteiger partial charge in [-0.25, -0.2) is 4.39 Å². The third-order valence-electron chi connectivity index (χ3n) is 6.28. The average molecular weight is 527 g/mol. The Morgan fingerprint density at radius 3 is 2.62 bits per heavy atom. The van der Waals surface area contributed by atoms with Crippen LogP contribution in [0.5, 0.6) is 11.5 Å². The van der Waals surface area contributed by atoms with E-state index in [1.54, 1.807) is 19.1 Å². The first-order chi connectivity index (χ1) is 17.9. The van der Waals surface area contributed by atoms with E-state index in [-0.39, 0.29) is 31.5 Å². The summed E-state index contributed by atoms with van der Waals surface area (Å²) in [5, 5.41) is 0.626. The lowest BCUT2D eigenvalue weighted by atomic mass is 9.98. The van der Waals surface area contributed by atoms with Crippen LogP contribution in [0.1, 0.15) is 42.9 Å². The first-order valence-electron chi connectivity index (χ1n) is 12.6. The van der Waals surface area contributed by atoms with Gasteiger partial charge in [0.2, 0.25) is 0 Å². The molecule has 0 bridgehead atoms. The zero-order valence-electron chi connectivity index (χ0n) is 21.2. The van der Waals surface area contributed by atoms with E-state index < -0.39 is 5.82 Å². The number of rotatable bonds is 10. The van der Waals surface area contributed by atoms with Gasteiger partial charge in [0.05, 0.1) is 24.8 Å². The van der Waals surface area contributed by atoms with Gasteiger partial charge in [-0.3, -0.25) is 4.79 Å². The molecule has 1 saturated heterocycles. The topological polar surface area (TPSA) is 54.0 Å². The van der Waals surface area contributed by atoms with Gasteiger partial charge >= 0.3 is 5.97 Å². The smallest absolute Gasteiger partial charge is 0.306 e. The third kappa shape index (κ3) is 7.46. The molecule has 5 nitrogen and oxygen atoms in total. The summed E-state index contributed by atoms with van der Waals surface area (Å²) in [6.07, 6.45) is 2.32. The quantitative estimate of drug-likeness (QED) is 0.264. The lowest BCUT2D eigenvalue weighted by Gasteiger charge is -2.24. The molecule has 0 N–H and O–H groups in total. The van der Waals surface area contributed by atoms with Gasteiger partial charge in [-0.05, 0) is 66.8 Å². The van der Waals surface area contributed by atoms with Gasteiger partial charge in [0.1, 0.15) is 30.0 Å². The lowest BCUT2D eigenvalue weighted by Crippen LogP contribution is -2.25. The second kappa shape index (κ2) is 12.9. The Bertz CT molecular complexity index is 1200. The molecule has 0 amide bonds. The van der Waals surface area contributed by atoms with Gasteiger partial charge in [-0.2, -0.15) is 0 Å². The van der Waals surface area contributed by atoms with Crippen molar-refractivity contribution < 1.29 is 28.1 Å². The Balaban J connectivity index is 1.40. The number of esters is 1. The Morgan fingerprint density at radius 1 is 1.08 bits per heavy atom. The fourth-order valence-electron chi connectivity index (χ4n) is 4.41. The standard InChI is InChI=1S/C30H32ClFO5/c1-3-35-29(33)10-8-22-7-9-25(18-28(22)32)36-19-21-5-4-6-23(16-21)30-20(2)15-26(17-27(30)31)37-24-11-13-34-14-12-24/h4-7,9,15-18,24H,3,8,10-14,19H2,1-2H3. The van der Waals surface area contributed by atoms with Crippen molar-refractivity contribution in [2.24, 2.45) is 0 Å². The summed E-state index contributed by atoms with van der Waals surface area (Å²) in [6.45, 7) is 5.80. The summed E-state index contributed by atoms with van der Waals surface area (Å²) in [4.78, 5) is 11.5. The van der Waals surface area contributed by atoms with Gasteiger partial charge < -0.3 is 18.9 Å². The maximum Gasteiger partial charge on any atom is 0.306 e. The number of hydrogen-bond donors (Lipinski definition) is 0. The molecule has 3 aromatic rings. The summed E-state index contributed by atoms with van der Waals surface area (Å²) in [7, 11) is 0. The summed E-state index contributed by atoms with van der Waals surface area (Å²) in [5.74, 6) is 0.455. The highest BCUT2D eigenvalue weighted by molar-refractivity contribution is 6.33. The van der Waals surface area contributed by atoms with E-state index in [1.807, 2.05) is 43.3 Å². The van der Waals surface area contributed by atoms with Gasteiger partial charge in [0.25, 0.3) is 0 Å². The van der Waals surface area contributed by atoms with Crippen molar-refractivity contribution in [3.63, 3.8) is 0 Å². The lowest BCUT2D eigenvalue weighted by molar-refractivity contribution is -0.143. The Labute approximate surface area is 222 Å². The fraction of sp³-hybridized carbons (Fsp3) is 0.367. The molecule has 1 heterocycles. The number of halogens is 2. The molecule has 196 valence electrons. The van der Waals surface area contributed by atoms with Crippen LogP contribution >= 0.6 is 11.6 Å². The Morgan fingerprint density at radius 2 is 1.89 bits per heavy atom. The number of carbonyl (C=O) groups is 1. The Hall–Kier alpha value is -3.09. The van der Waals surface area contributed by atoms with Crippen molar-refractivity contribution in [2.45, 2.75) is 52.2 Å². The number of aryl methyl sites for hydroxylation is 2. The van der Waals surface area contributed by atoms with Crippen molar-refractivity contribution in [2.75, 3.05) is 19.8 Å². The van der Waals surface area contributed by atoms with Crippen molar-refractivity contribution in [3.05, 3.63) is 82.1 Å². The van der Waals surface area contributed by atoms with Crippen LogP contribution in [0.3, 0.4) is 0 Å². The normalized spacial score (nSPS) is 13.8. The molecular weight excluding hydrogens is 495 g/mol. The van der Waals surface area contributed by atoms with Crippen LogP contribution < -0.4 is 9.47 Å². The molecule has 37 heavy (non-hydrogen) atoms. The highest BCUT2D eigenvalue weighted by Gasteiger charge is 2.17. The number of benzene rings is 3. The largest absolute Gasteiger partial charge is 0.490 e. The van der Waals surface area contributed by atoms with Gasteiger partial charge in [-0.15, -0.1) is 0 Å². The van der Waals surface area contributed by atoms with Gasteiger partial charge in [0.15, 0.2) is 0 Å². The van der Waals surface area contributed by atoms with E-state index in [2.05, 4.69) is 0 Å². The summed E-state index contributed by atoms with van der Waals surface area (Å²) < 4.78 is 36.8. The molecule has 0 radical (unpaired) electrons. The molecule has 1 aliphatic heterocycles. The number of carbonyl (C=O) groups excluding carboxylic acids is 1. The van der Waals surface area contributed by atoms with Crippen LogP contribution in [0.2, 0.25) is 5.02 Å². The maximum absolute atomic E-state index is 14.5. The minimum atomic E-state index is -0.402. The highest BCUT2D eigenvalue weighted by Crippen LogP contribution is 2.36. The number of ether oxygens (including phenoxy) is 4. The second-order valence-electron chi connectivity index (χ2n) is 9.07. The molecule has 7 heteroatoms. The van der Waals surface area contributed by atoms with Crippen molar-refractivity contribution >= 4 is 17.6 Å². The zero-order valence-corrected chi connectivity index (χ0v) is 22.0. The van der Waals surface area contributed by atoms with Crippen LogP contribution in [0.4, 0.5) is 4.39 Å². The van der Waals surface area contributed by atoms with Gasteiger partial charge in [-0.1, -0.05) is 35.9 Å². The minimum absolute atomic E-state index is 0.141. The molecule has 0 aromatic heterocycles. The first-order valence-corrected chi connectivity index (χ1v) is 13.0. The van der Waals surface area contributed by atoms with E-state index >= 15 is 0 Å². The SMILES string of the molecule is CCOC(=O)CCc1ccc(OCc2cccc(-c3c(C)cc(OC4CCOCC4)cc3Cl)c2)cc1F. The number of hydrogen-bond acceptors (Lipinski definition) is 5. The van der Waals surface area contributed by atoms with Gasteiger partial charge in [0, 0.05) is 30.9 Å². The van der Waals surface area contributed by atoms with E-state index in [0.29, 0.717) is 22.9 Å². The van der Waals surface area contributed by atoms with Crippen molar-refractivity contribution in [1.82, 2.24) is 0 Å². The predicted octanol–water partition coefficient (Wildman–Crippen LogP) is 7.09. The van der Waals surface area contributed by atoms with Crippen molar-refractivity contribution in [3.8, 4) is 22.6 Å². The van der Waals surface area contributed by atoms with Crippen LogP contribution in [0.25, 0.3) is 11.1 Å². The van der Waals surface area contributed by atoms with Crippen LogP contribution in [0.15, 0.2) is 54.6 Å². The fourth-order valence-corrected chi connectivity index (χ4v) is 4.77. The van der Waals surface area contributed by atoms with Crippen molar-refractivity contribution in [1.29, 1.82) is 0 Å². The monoisotopic (exact) mass is 526 g/mol. The zero-order chi connectivity index (χ0) is 26.2. The van der Waals surface area contributed by atoms with Crippen LogP contribution in [0, 0.1) is 12.7 Å².